The number of aliphatic hydroxyl groups excluding tert-OH is 1. The molecule has 0 aliphatic carbocycles. The van der Waals surface area contributed by atoms with Gasteiger partial charge in [0.15, 0.2) is 5.82 Å². The fourth-order valence-corrected chi connectivity index (χ4v) is 1.30. The molecule has 1 heterocycles. The largest absolute Gasteiger partial charge is 0.396 e. The van der Waals surface area contributed by atoms with Crippen molar-refractivity contribution in [2.45, 2.75) is 19.3 Å². The Morgan fingerprint density at radius 2 is 2.27 bits per heavy atom. The lowest BCUT2D eigenvalue weighted by atomic mass is 10.2. The van der Waals surface area contributed by atoms with Crippen LogP contribution in [0.25, 0.3) is 0 Å². The molecule has 0 bridgehead atoms. The fraction of sp³-hybridized carbons (Fsp3) is 0.556. The summed E-state index contributed by atoms with van der Waals surface area (Å²) in [6.07, 6.45) is 3.94. The molecule has 0 saturated heterocycles. The van der Waals surface area contributed by atoms with Gasteiger partial charge in [0.1, 0.15) is 5.02 Å². The minimum Gasteiger partial charge on any atom is -0.396 e. The molecule has 0 fully saturated rings. The summed E-state index contributed by atoms with van der Waals surface area (Å²) in [4.78, 5) is 17.4. The van der Waals surface area contributed by atoms with Crippen LogP contribution in [0.4, 0.5) is 5.82 Å². The number of nitrogens with zero attached hydrogens (tertiary/aromatic N) is 1. The molecule has 5 nitrogen and oxygen atoms in total. The fourth-order valence-electron chi connectivity index (χ4n) is 1.13. The van der Waals surface area contributed by atoms with Gasteiger partial charge in [0.2, 0.25) is 0 Å². The molecule has 0 radical (unpaired) electrons. The highest BCUT2D eigenvalue weighted by molar-refractivity contribution is 6.32. The summed E-state index contributed by atoms with van der Waals surface area (Å²) in [6, 6.07) is 0. The molecule has 15 heavy (non-hydrogen) atoms. The lowest BCUT2D eigenvalue weighted by molar-refractivity contribution is 0.283. The molecule has 0 atom stereocenters. The van der Waals surface area contributed by atoms with Crippen molar-refractivity contribution in [1.82, 2.24) is 9.97 Å². The van der Waals surface area contributed by atoms with E-state index in [0.29, 0.717) is 12.4 Å². The van der Waals surface area contributed by atoms with Crippen LogP contribution in [0.1, 0.15) is 19.3 Å². The van der Waals surface area contributed by atoms with Crippen LogP contribution in [0.15, 0.2) is 11.1 Å². The van der Waals surface area contributed by atoms with Crippen molar-refractivity contribution in [3.63, 3.8) is 0 Å². The summed E-state index contributed by atoms with van der Waals surface area (Å²) in [5.74, 6) is 0.407. The molecule has 0 amide bonds. The number of halogens is 1. The monoisotopic (exact) mass is 231 g/mol. The number of unbranched alkanes of at least 4 members (excludes halogenated alkanes) is 2. The number of anilines is 1. The minimum atomic E-state index is -0.343. The summed E-state index contributed by atoms with van der Waals surface area (Å²) >= 11 is 5.72. The SMILES string of the molecule is O=c1[nH]cnc(NCCCCCO)c1Cl. The van der Waals surface area contributed by atoms with Gasteiger partial charge in [0, 0.05) is 13.2 Å². The van der Waals surface area contributed by atoms with Crippen molar-refractivity contribution in [3.05, 3.63) is 21.7 Å². The summed E-state index contributed by atoms with van der Waals surface area (Å²) in [6.45, 7) is 0.903. The maximum Gasteiger partial charge on any atom is 0.271 e. The van der Waals surface area contributed by atoms with Crippen LogP contribution in [0.5, 0.6) is 0 Å². The van der Waals surface area contributed by atoms with E-state index in [-0.39, 0.29) is 17.2 Å². The van der Waals surface area contributed by atoms with E-state index < -0.39 is 0 Å². The highest BCUT2D eigenvalue weighted by atomic mass is 35.5. The van der Waals surface area contributed by atoms with E-state index in [2.05, 4.69) is 15.3 Å². The van der Waals surface area contributed by atoms with E-state index in [1.54, 1.807) is 0 Å². The van der Waals surface area contributed by atoms with Crippen molar-refractivity contribution < 1.29 is 5.11 Å². The molecule has 3 N–H and O–H groups in total. The highest BCUT2D eigenvalue weighted by Crippen LogP contribution is 2.11. The molecule has 1 aromatic rings. The Labute approximate surface area is 92.5 Å². The van der Waals surface area contributed by atoms with Gasteiger partial charge in [0.25, 0.3) is 5.56 Å². The molecule has 0 aliphatic rings. The van der Waals surface area contributed by atoms with E-state index in [1.807, 2.05) is 0 Å². The number of H-pyrrole nitrogens is 1. The number of rotatable bonds is 6. The number of aromatic nitrogens is 2. The summed E-state index contributed by atoms with van der Waals surface area (Å²) in [7, 11) is 0. The van der Waals surface area contributed by atoms with Crippen LogP contribution in [0, 0.1) is 0 Å². The van der Waals surface area contributed by atoms with Crippen molar-refractivity contribution in [2.75, 3.05) is 18.5 Å². The van der Waals surface area contributed by atoms with Crippen molar-refractivity contribution in [2.24, 2.45) is 0 Å². The Balaban J connectivity index is 2.38. The Morgan fingerprint density at radius 1 is 1.47 bits per heavy atom. The number of aliphatic hydroxyl groups is 1. The Morgan fingerprint density at radius 3 is 3.00 bits per heavy atom. The average molecular weight is 232 g/mol. The van der Waals surface area contributed by atoms with Gasteiger partial charge in [0.05, 0.1) is 6.33 Å². The number of aromatic amines is 1. The maximum absolute atomic E-state index is 11.1. The molecule has 1 rings (SSSR count). The first-order valence-corrected chi connectivity index (χ1v) is 5.21. The third-order valence-corrected chi connectivity index (χ3v) is 2.27. The third-order valence-electron chi connectivity index (χ3n) is 1.92. The second-order valence-corrected chi connectivity index (χ2v) is 3.48. The van der Waals surface area contributed by atoms with Gasteiger partial charge in [-0.2, -0.15) is 0 Å². The van der Waals surface area contributed by atoms with Crippen molar-refractivity contribution >= 4 is 17.4 Å². The predicted molar refractivity (Wildman–Crippen MR) is 59.3 cm³/mol. The number of hydrogen-bond donors (Lipinski definition) is 3. The predicted octanol–water partition coefficient (Wildman–Crippen LogP) is 0.998. The molecule has 0 saturated carbocycles. The summed E-state index contributed by atoms with van der Waals surface area (Å²) < 4.78 is 0. The summed E-state index contributed by atoms with van der Waals surface area (Å²) in [5.41, 5.74) is -0.343. The molecule has 1 aromatic heterocycles. The number of hydrogen-bond acceptors (Lipinski definition) is 4. The quantitative estimate of drug-likeness (QED) is 0.639. The zero-order valence-corrected chi connectivity index (χ0v) is 9.05. The Kier molecular flexibility index (Phi) is 5.14. The highest BCUT2D eigenvalue weighted by Gasteiger charge is 2.03. The minimum absolute atomic E-state index is 0.0830. The van der Waals surface area contributed by atoms with Crippen LogP contribution in [0.2, 0.25) is 5.02 Å². The zero-order valence-electron chi connectivity index (χ0n) is 8.29. The first-order valence-electron chi connectivity index (χ1n) is 4.83. The molecule has 0 unspecified atom stereocenters. The van der Waals surface area contributed by atoms with Gasteiger partial charge in [-0.15, -0.1) is 0 Å². The van der Waals surface area contributed by atoms with Crippen LogP contribution in [-0.2, 0) is 0 Å². The van der Waals surface area contributed by atoms with E-state index >= 15 is 0 Å². The second-order valence-electron chi connectivity index (χ2n) is 3.11. The Bertz CT molecular complexity index is 353. The third kappa shape index (κ3) is 3.89. The van der Waals surface area contributed by atoms with E-state index in [4.69, 9.17) is 16.7 Å². The number of nitrogens with one attached hydrogen (secondary N) is 2. The van der Waals surface area contributed by atoms with E-state index in [0.717, 1.165) is 19.3 Å². The van der Waals surface area contributed by atoms with Gasteiger partial charge in [-0.1, -0.05) is 11.6 Å². The van der Waals surface area contributed by atoms with Gasteiger partial charge < -0.3 is 15.4 Å². The standard InChI is InChI=1S/C9H14ClN3O2/c10-7-8(12-6-13-9(7)15)11-4-2-1-3-5-14/h6,14H,1-5H2,(H2,11,12,13,15). The van der Waals surface area contributed by atoms with Crippen LogP contribution in [-0.4, -0.2) is 28.2 Å². The van der Waals surface area contributed by atoms with Crippen LogP contribution < -0.4 is 10.9 Å². The molecule has 84 valence electrons. The van der Waals surface area contributed by atoms with E-state index in [1.165, 1.54) is 6.33 Å². The maximum atomic E-state index is 11.1. The van der Waals surface area contributed by atoms with Gasteiger partial charge >= 0.3 is 0 Å². The Hall–Kier alpha value is -1.07. The molecule has 0 aliphatic heterocycles. The van der Waals surface area contributed by atoms with Crippen molar-refractivity contribution in [3.8, 4) is 0 Å². The lowest BCUT2D eigenvalue weighted by Gasteiger charge is -2.05. The van der Waals surface area contributed by atoms with Crippen molar-refractivity contribution in [1.29, 1.82) is 0 Å². The molecule has 6 heteroatoms. The first-order chi connectivity index (χ1) is 7.25. The molecular weight excluding hydrogens is 218 g/mol. The zero-order chi connectivity index (χ0) is 11.1. The van der Waals surface area contributed by atoms with Gasteiger partial charge in [-0.3, -0.25) is 4.79 Å². The molecular formula is C9H14ClN3O2. The first kappa shape index (κ1) is 12.0. The molecule has 0 spiro atoms. The van der Waals surface area contributed by atoms with Gasteiger partial charge in [-0.25, -0.2) is 4.98 Å². The average Bonchev–Trinajstić information content (AvgIpc) is 2.24. The van der Waals surface area contributed by atoms with Gasteiger partial charge in [-0.05, 0) is 19.3 Å². The molecule has 0 aromatic carbocycles. The second kappa shape index (κ2) is 6.42. The lowest BCUT2D eigenvalue weighted by Crippen LogP contribution is -2.12. The van der Waals surface area contributed by atoms with Crippen LogP contribution in [0.3, 0.4) is 0 Å². The normalized spacial score (nSPS) is 10.3. The smallest absolute Gasteiger partial charge is 0.271 e. The van der Waals surface area contributed by atoms with E-state index in [9.17, 15) is 4.79 Å². The topological polar surface area (TPSA) is 78.0 Å². The summed E-state index contributed by atoms with van der Waals surface area (Å²) in [5, 5.41) is 11.6. The van der Waals surface area contributed by atoms with Crippen LogP contribution >= 0.6 is 11.6 Å².